The number of nitroso groups, excluding NO2 is 1. The number of hydrogen-bond acceptors (Lipinski definition) is 8. The molecule has 1 aromatic heterocycles. The average molecular weight is 502 g/mol. The van der Waals surface area contributed by atoms with Gasteiger partial charge in [-0.3, -0.25) is 9.59 Å². The topological polar surface area (TPSA) is 133 Å². The minimum atomic E-state index is -0.593. The molecule has 1 fully saturated rings. The molecule has 1 aliphatic rings. The van der Waals surface area contributed by atoms with Gasteiger partial charge in [0, 0.05) is 62.3 Å². The highest BCUT2D eigenvalue weighted by molar-refractivity contribution is 5.98. The zero-order valence-electron chi connectivity index (χ0n) is 21.0. The molecular formula is C27H31N7O3. The summed E-state index contributed by atoms with van der Waals surface area (Å²) in [5, 5.41) is 9.41. The van der Waals surface area contributed by atoms with E-state index < -0.39 is 5.91 Å². The van der Waals surface area contributed by atoms with Gasteiger partial charge in [-0.1, -0.05) is 26.0 Å². The van der Waals surface area contributed by atoms with Gasteiger partial charge in [-0.05, 0) is 47.1 Å². The van der Waals surface area contributed by atoms with Gasteiger partial charge in [0.2, 0.25) is 5.91 Å². The second-order valence-corrected chi connectivity index (χ2v) is 9.23. The highest BCUT2D eigenvalue weighted by Crippen LogP contribution is 2.25. The highest BCUT2D eigenvalue weighted by atomic mass is 16.3. The van der Waals surface area contributed by atoms with Crippen LogP contribution in [0.4, 0.5) is 28.6 Å². The molecule has 3 aromatic rings. The third kappa shape index (κ3) is 6.40. The molecule has 37 heavy (non-hydrogen) atoms. The number of carbonyl (C=O) groups is 2. The molecular weight excluding hydrogens is 470 g/mol. The van der Waals surface area contributed by atoms with E-state index in [1.165, 1.54) is 6.20 Å². The summed E-state index contributed by atoms with van der Waals surface area (Å²) >= 11 is 0. The molecule has 0 aliphatic carbocycles. The number of carbonyl (C=O) groups excluding carboxylic acids is 2. The SMILES string of the molecule is CC(C)C(=O)N1CCN(c2ccc(Nc3cc(NCc4cccc(N=O)c4)c(C(N)=O)cn3)cc2)CC1. The molecule has 0 unspecified atom stereocenters. The normalized spacial score (nSPS) is 13.4. The number of anilines is 4. The van der Waals surface area contributed by atoms with Gasteiger partial charge in [-0.25, -0.2) is 4.98 Å². The second kappa shape index (κ2) is 11.5. The van der Waals surface area contributed by atoms with E-state index in [0.29, 0.717) is 23.7 Å². The lowest BCUT2D eigenvalue weighted by molar-refractivity contribution is -0.134. The minimum absolute atomic E-state index is 0.0178. The third-order valence-corrected chi connectivity index (χ3v) is 6.26. The Morgan fingerprint density at radius 3 is 2.43 bits per heavy atom. The summed E-state index contributed by atoms with van der Waals surface area (Å²) in [4.78, 5) is 43.5. The quantitative estimate of drug-likeness (QED) is 0.374. The summed E-state index contributed by atoms with van der Waals surface area (Å²) in [6.07, 6.45) is 1.43. The van der Waals surface area contributed by atoms with E-state index in [2.05, 4.69) is 25.7 Å². The van der Waals surface area contributed by atoms with Crippen molar-refractivity contribution in [2.24, 2.45) is 16.8 Å². The number of nitrogens with two attached hydrogens (primary N) is 1. The van der Waals surface area contributed by atoms with E-state index in [1.54, 1.807) is 24.3 Å². The molecule has 10 heteroatoms. The zero-order chi connectivity index (χ0) is 26.4. The van der Waals surface area contributed by atoms with Crippen LogP contribution in [0.1, 0.15) is 29.8 Å². The fourth-order valence-corrected chi connectivity index (χ4v) is 4.24. The number of nitrogens with zero attached hydrogens (tertiary/aromatic N) is 4. The second-order valence-electron chi connectivity index (χ2n) is 9.23. The van der Waals surface area contributed by atoms with Crippen LogP contribution in [0.25, 0.3) is 0 Å². The number of nitrogens with one attached hydrogen (secondary N) is 2. The molecule has 192 valence electrons. The number of aromatic nitrogens is 1. The Balaban J connectivity index is 1.41. The minimum Gasteiger partial charge on any atom is -0.380 e. The van der Waals surface area contributed by atoms with Crippen molar-refractivity contribution in [2.75, 3.05) is 41.7 Å². The van der Waals surface area contributed by atoms with Crippen molar-refractivity contribution in [1.82, 2.24) is 9.88 Å². The Bertz CT molecular complexity index is 1270. The Hall–Kier alpha value is -4.47. The number of benzene rings is 2. The number of pyridine rings is 1. The van der Waals surface area contributed by atoms with Crippen LogP contribution in [0.3, 0.4) is 0 Å². The third-order valence-electron chi connectivity index (χ3n) is 6.26. The van der Waals surface area contributed by atoms with Gasteiger partial charge < -0.3 is 26.2 Å². The van der Waals surface area contributed by atoms with Crippen molar-refractivity contribution in [3.63, 3.8) is 0 Å². The van der Waals surface area contributed by atoms with Crippen molar-refractivity contribution < 1.29 is 9.59 Å². The molecule has 2 amide bonds. The molecule has 1 aliphatic heterocycles. The Morgan fingerprint density at radius 2 is 1.78 bits per heavy atom. The van der Waals surface area contributed by atoms with Crippen molar-refractivity contribution in [2.45, 2.75) is 20.4 Å². The fraction of sp³-hybridized carbons (Fsp3) is 0.296. The number of rotatable bonds is 9. The van der Waals surface area contributed by atoms with Crippen LogP contribution in [0.2, 0.25) is 0 Å². The van der Waals surface area contributed by atoms with Gasteiger partial charge >= 0.3 is 0 Å². The summed E-state index contributed by atoms with van der Waals surface area (Å²) in [6, 6.07) is 16.6. The Kier molecular flexibility index (Phi) is 7.97. The van der Waals surface area contributed by atoms with Crippen LogP contribution < -0.4 is 21.3 Å². The average Bonchev–Trinajstić information content (AvgIpc) is 2.92. The first-order valence-electron chi connectivity index (χ1n) is 12.2. The van der Waals surface area contributed by atoms with Crippen LogP contribution in [0, 0.1) is 10.8 Å². The van der Waals surface area contributed by atoms with Gasteiger partial charge in [-0.15, -0.1) is 4.91 Å². The van der Waals surface area contributed by atoms with Crippen molar-refractivity contribution in [3.05, 3.63) is 76.8 Å². The van der Waals surface area contributed by atoms with Crippen LogP contribution in [0.15, 0.2) is 66.0 Å². The summed E-state index contributed by atoms with van der Waals surface area (Å²) in [5.41, 5.74) is 9.43. The van der Waals surface area contributed by atoms with Gasteiger partial charge in [0.15, 0.2) is 0 Å². The number of hydrogen-bond donors (Lipinski definition) is 3. The molecule has 4 rings (SSSR count). The van der Waals surface area contributed by atoms with Crippen LogP contribution in [0.5, 0.6) is 0 Å². The standard InChI is InChI=1S/C27H31N7O3/c1-18(2)27(36)34-12-10-33(11-13-34)22-8-6-20(7-9-22)31-25-15-24(23(17-30-25)26(28)35)29-16-19-4-3-5-21(14-19)32-37/h3-9,14-15,17-18H,10-13,16H2,1-2H3,(H2,28,35)(H2,29,30,31). The maximum atomic E-state index is 12.2. The van der Waals surface area contributed by atoms with Crippen LogP contribution in [-0.2, 0) is 11.3 Å². The summed E-state index contributed by atoms with van der Waals surface area (Å²) in [6.45, 7) is 7.27. The lowest BCUT2D eigenvalue weighted by Gasteiger charge is -2.37. The summed E-state index contributed by atoms with van der Waals surface area (Å²) < 4.78 is 0. The predicted octanol–water partition coefficient (Wildman–Crippen LogP) is 4.24. The number of piperazine rings is 1. The van der Waals surface area contributed by atoms with Gasteiger partial charge in [0.1, 0.15) is 11.5 Å². The highest BCUT2D eigenvalue weighted by Gasteiger charge is 2.23. The zero-order valence-corrected chi connectivity index (χ0v) is 21.0. The summed E-state index contributed by atoms with van der Waals surface area (Å²) in [5.74, 6) is 0.174. The summed E-state index contributed by atoms with van der Waals surface area (Å²) in [7, 11) is 0. The Labute approximate surface area is 215 Å². The van der Waals surface area contributed by atoms with Crippen LogP contribution >= 0.6 is 0 Å². The molecule has 10 nitrogen and oxygen atoms in total. The van der Waals surface area contributed by atoms with Crippen molar-refractivity contribution >= 4 is 40.4 Å². The smallest absolute Gasteiger partial charge is 0.252 e. The lowest BCUT2D eigenvalue weighted by Crippen LogP contribution is -2.49. The predicted molar refractivity (Wildman–Crippen MR) is 145 cm³/mol. The van der Waals surface area contributed by atoms with E-state index in [-0.39, 0.29) is 17.4 Å². The molecule has 0 atom stereocenters. The van der Waals surface area contributed by atoms with E-state index in [9.17, 15) is 14.5 Å². The van der Waals surface area contributed by atoms with Crippen molar-refractivity contribution in [1.29, 1.82) is 0 Å². The van der Waals surface area contributed by atoms with Crippen molar-refractivity contribution in [3.8, 4) is 0 Å². The Morgan fingerprint density at radius 1 is 1.05 bits per heavy atom. The maximum Gasteiger partial charge on any atom is 0.252 e. The molecule has 4 N–H and O–H groups in total. The fourth-order valence-electron chi connectivity index (χ4n) is 4.24. The van der Waals surface area contributed by atoms with Gasteiger partial charge in [0.05, 0.1) is 11.3 Å². The first-order chi connectivity index (χ1) is 17.8. The monoisotopic (exact) mass is 501 g/mol. The molecule has 0 bridgehead atoms. The molecule has 2 heterocycles. The first-order valence-corrected chi connectivity index (χ1v) is 12.2. The van der Waals surface area contributed by atoms with Gasteiger partial charge in [0.25, 0.3) is 5.91 Å². The number of primary amides is 1. The molecule has 2 aromatic carbocycles. The van der Waals surface area contributed by atoms with E-state index in [0.717, 1.165) is 43.1 Å². The van der Waals surface area contributed by atoms with Crippen LogP contribution in [-0.4, -0.2) is 47.9 Å². The van der Waals surface area contributed by atoms with E-state index in [4.69, 9.17) is 5.73 Å². The largest absolute Gasteiger partial charge is 0.380 e. The molecule has 0 saturated carbocycles. The maximum absolute atomic E-state index is 12.2. The molecule has 1 saturated heterocycles. The number of amides is 2. The lowest BCUT2D eigenvalue weighted by atomic mass is 10.1. The van der Waals surface area contributed by atoms with E-state index >= 15 is 0 Å². The molecule has 0 spiro atoms. The van der Waals surface area contributed by atoms with E-state index in [1.807, 2.05) is 49.1 Å². The first kappa shape index (κ1) is 25.6. The van der Waals surface area contributed by atoms with Gasteiger partial charge in [-0.2, -0.15) is 0 Å². The molecule has 0 radical (unpaired) electrons.